The number of carboxylic acids is 1. The SMILES string of the molecule is O=C(N[C@H]1CCC[C@H]1C(=O)O)c1cn(Cc2ccccc2)c2ccccc12. The second kappa shape index (κ2) is 7.27. The van der Waals surface area contributed by atoms with Crippen molar-refractivity contribution in [2.45, 2.75) is 31.8 Å². The Balaban J connectivity index is 1.63. The second-order valence-corrected chi connectivity index (χ2v) is 7.13. The molecule has 4 rings (SSSR count). The van der Waals surface area contributed by atoms with Gasteiger partial charge >= 0.3 is 5.97 Å². The monoisotopic (exact) mass is 362 g/mol. The van der Waals surface area contributed by atoms with E-state index >= 15 is 0 Å². The third kappa shape index (κ3) is 3.45. The standard InChI is InChI=1S/C22H22N2O3/c25-21(23-19-11-6-10-17(19)22(26)27)18-14-24(13-15-7-2-1-3-8-15)20-12-5-4-9-16(18)20/h1-5,7-9,12,14,17,19H,6,10-11,13H2,(H,23,25)(H,26,27)/t17-,19+/m1/s1. The molecule has 5 nitrogen and oxygen atoms in total. The lowest BCUT2D eigenvalue weighted by Gasteiger charge is -2.17. The lowest BCUT2D eigenvalue weighted by atomic mass is 10.0. The maximum absolute atomic E-state index is 12.9. The van der Waals surface area contributed by atoms with Crippen molar-refractivity contribution in [2.75, 3.05) is 0 Å². The number of aliphatic carboxylic acids is 1. The number of nitrogens with one attached hydrogen (secondary N) is 1. The van der Waals surface area contributed by atoms with Gasteiger partial charge in [0.25, 0.3) is 5.91 Å². The van der Waals surface area contributed by atoms with E-state index in [-0.39, 0.29) is 11.9 Å². The molecule has 1 saturated carbocycles. The van der Waals surface area contributed by atoms with Gasteiger partial charge < -0.3 is 15.0 Å². The molecule has 1 amide bonds. The van der Waals surface area contributed by atoms with Crippen LogP contribution in [0.4, 0.5) is 0 Å². The summed E-state index contributed by atoms with van der Waals surface area (Å²) < 4.78 is 2.07. The molecule has 2 aromatic carbocycles. The van der Waals surface area contributed by atoms with Crippen LogP contribution in [0.15, 0.2) is 60.8 Å². The van der Waals surface area contributed by atoms with Crippen molar-refractivity contribution in [3.8, 4) is 0 Å². The molecule has 1 aliphatic carbocycles. The number of carboxylic acid groups (broad SMARTS) is 1. The van der Waals surface area contributed by atoms with Crippen molar-refractivity contribution in [2.24, 2.45) is 5.92 Å². The number of rotatable bonds is 5. The second-order valence-electron chi connectivity index (χ2n) is 7.13. The fraction of sp³-hybridized carbons (Fsp3) is 0.273. The van der Waals surface area contributed by atoms with Crippen LogP contribution in [0.25, 0.3) is 10.9 Å². The molecule has 27 heavy (non-hydrogen) atoms. The Hall–Kier alpha value is -3.08. The molecule has 1 heterocycles. The average Bonchev–Trinajstić information content (AvgIpc) is 3.28. The Morgan fingerprint density at radius 2 is 1.78 bits per heavy atom. The largest absolute Gasteiger partial charge is 0.481 e. The Bertz CT molecular complexity index is 978. The quantitative estimate of drug-likeness (QED) is 0.727. The van der Waals surface area contributed by atoms with Crippen molar-refractivity contribution in [3.63, 3.8) is 0 Å². The van der Waals surface area contributed by atoms with Gasteiger partial charge in [-0.05, 0) is 24.5 Å². The number of para-hydroxylation sites is 1. The number of carbonyl (C=O) groups excluding carboxylic acids is 1. The van der Waals surface area contributed by atoms with Crippen LogP contribution in [0.1, 0.15) is 35.2 Å². The van der Waals surface area contributed by atoms with Crippen LogP contribution >= 0.6 is 0 Å². The average molecular weight is 362 g/mol. The van der Waals surface area contributed by atoms with E-state index in [2.05, 4.69) is 22.0 Å². The number of fused-ring (bicyclic) bond motifs is 1. The van der Waals surface area contributed by atoms with Gasteiger partial charge in [-0.2, -0.15) is 0 Å². The van der Waals surface area contributed by atoms with Crippen molar-refractivity contribution in [1.29, 1.82) is 0 Å². The van der Waals surface area contributed by atoms with Gasteiger partial charge in [0, 0.05) is 29.7 Å². The topological polar surface area (TPSA) is 71.3 Å². The van der Waals surface area contributed by atoms with Crippen LogP contribution in [-0.4, -0.2) is 27.6 Å². The van der Waals surface area contributed by atoms with E-state index in [1.807, 2.05) is 48.7 Å². The third-order valence-electron chi connectivity index (χ3n) is 5.38. The maximum Gasteiger partial charge on any atom is 0.308 e. The van der Waals surface area contributed by atoms with Crippen LogP contribution in [-0.2, 0) is 11.3 Å². The summed E-state index contributed by atoms with van der Waals surface area (Å²) in [5.41, 5.74) is 2.75. The highest BCUT2D eigenvalue weighted by molar-refractivity contribution is 6.07. The van der Waals surface area contributed by atoms with Gasteiger partial charge in [0.15, 0.2) is 0 Å². The highest BCUT2D eigenvalue weighted by Crippen LogP contribution is 2.27. The minimum atomic E-state index is -0.829. The number of hydrogen-bond acceptors (Lipinski definition) is 2. The molecule has 3 aromatic rings. The summed E-state index contributed by atoms with van der Waals surface area (Å²) in [6.07, 6.45) is 4.04. The van der Waals surface area contributed by atoms with Crippen molar-refractivity contribution < 1.29 is 14.7 Å². The first-order valence-corrected chi connectivity index (χ1v) is 9.29. The molecule has 2 N–H and O–H groups in total. The predicted molar refractivity (Wildman–Crippen MR) is 104 cm³/mol. The molecule has 0 radical (unpaired) electrons. The van der Waals surface area contributed by atoms with E-state index in [1.54, 1.807) is 0 Å². The zero-order valence-corrected chi connectivity index (χ0v) is 15.0. The van der Waals surface area contributed by atoms with E-state index in [0.717, 1.165) is 22.9 Å². The van der Waals surface area contributed by atoms with E-state index in [4.69, 9.17) is 0 Å². The summed E-state index contributed by atoms with van der Waals surface area (Å²) in [6.45, 7) is 0.676. The van der Waals surface area contributed by atoms with E-state index in [1.165, 1.54) is 0 Å². The lowest BCUT2D eigenvalue weighted by molar-refractivity contribution is -0.142. The van der Waals surface area contributed by atoms with Gasteiger partial charge in [0.1, 0.15) is 0 Å². The van der Waals surface area contributed by atoms with Crippen LogP contribution < -0.4 is 5.32 Å². The molecule has 2 atom stereocenters. The third-order valence-corrected chi connectivity index (χ3v) is 5.38. The van der Waals surface area contributed by atoms with E-state index in [9.17, 15) is 14.7 Å². The minimum absolute atomic E-state index is 0.198. The van der Waals surface area contributed by atoms with Crippen LogP contribution in [0.2, 0.25) is 0 Å². The smallest absolute Gasteiger partial charge is 0.308 e. The number of carbonyl (C=O) groups is 2. The van der Waals surface area contributed by atoms with Gasteiger partial charge in [-0.3, -0.25) is 9.59 Å². The first kappa shape index (κ1) is 17.3. The van der Waals surface area contributed by atoms with Crippen molar-refractivity contribution in [1.82, 2.24) is 9.88 Å². The fourth-order valence-corrected chi connectivity index (χ4v) is 4.01. The van der Waals surface area contributed by atoms with Crippen molar-refractivity contribution in [3.05, 3.63) is 71.9 Å². The highest BCUT2D eigenvalue weighted by atomic mass is 16.4. The zero-order chi connectivity index (χ0) is 18.8. The summed E-state index contributed by atoms with van der Waals surface area (Å²) in [6, 6.07) is 17.6. The molecule has 138 valence electrons. The predicted octanol–water partition coefficient (Wildman–Crippen LogP) is 3.67. The Kier molecular flexibility index (Phi) is 4.67. The number of aromatic nitrogens is 1. The van der Waals surface area contributed by atoms with Gasteiger partial charge in [-0.15, -0.1) is 0 Å². The molecular weight excluding hydrogens is 340 g/mol. The Morgan fingerprint density at radius 1 is 1.04 bits per heavy atom. The first-order valence-electron chi connectivity index (χ1n) is 9.29. The van der Waals surface area contributed by atoms with Crippen molar-refractivity contribution >= 4 is 22.8 Å². The van der Waals surface area contributed by atoms with Crippen LogP contribution in [0.3, 0.4) is 0 Å². The minimum Gasteiger partial charge on any atom is -0.481 e. The molecule has 0 saturated heterocycles. The first-order chi connectivity index (χ1) is 13.1. The lowest BCUT2D eigenvalue weighted by Crippen LogP contribution is -2.40. The number of hydrogen-bond donors (Lipinski definition) is 2. The molecular formula is C22H22N2O3. The van der Waals surface area contributed by atoms with Crippen LogP contribution in [0, 0.1) is 5.92 Å². The summed E-state index contributed by atoms with van der Waals surface area (Å²) in [7, 11) is 0. The summed E-state index contributed by atoms with van der Waals surface area (Å²) in [4.78, 5) is 24.3. The molecule has 1 aliphatic rings. The fourth-order valence-electron chi connectivity index (χ4n) is 4.01. The summed E-state index contributed by atoms with van der Waals surface area (Å²) in [5.74, 6) is -1.52. The van der Waals surface area contributed by atoms with E-state index < -0.39 is 11.9 Å². The zero-order valence-electron chi connectivity index (χ0n) is 15.0. The molecule has 0 aliphatic heterocycles. The van der Waals surface area contributed by atoms with Gasteiger partial charge in [0.2, 0.25) is 0 Å². The molecule has 1 aromatic heterocycles. The number of amides is 1. The van der Waals surface area contributed by atoms with Gasteiger partial charge in [-0.25, -0.2) is 0 Å². The normalized spacial score (nSPS) is 19.3. The highest BCUT2D eigenvalue weighted by Gasteiger charge is 2.34. The molecule has 0 spiro atoms. The Morgan fingerprint density at radius 3 is 2.56 bits per heavy atom. The summed E-state index contributed by atoms with van der Waals surface area (Å²) in [5, 5.41) is 13.2. The van der Waals surface area contributed by atoms with Gasteiger partial charge in [-0.1, -0.05) is 55.0 Å². The molecule has 5 heteroatoms. The Labute approximate surface area is 157 Å². The number of nitrogens with zero attached hydrogens (tertiary/aromatic N) is 1. The number of benzene rings is 2. The maximum atomic E-state index is 12.9. The van der Waals surface area contributed by atoms with Gasteiger partial charge in [0.05, 0.1) is 11.5 Å². The van der Waals surface area contributed by atoms with E-state index in [0.29, 0.717) is 24.9 Å². The summed E-state index contributed by atoms with van der Waals surface area (Å²) >= 11 is 0. The molecule has 0 unspecified atom stereocenters. The van der Waals surface area contributed by atoms with Crippen LogP contribution in [0.5, 0.6) is 0 Å². The molecule has 1 fully saturated rings. The molecule has 0 bridgehead atoms.